The molecular weight excluding hydrogens is 474 g/mol. The number of nitrogens with one attached hydrogen (secondary N) is 2. The van der Waals surface area contributed by atoms with E-state index in [1.807, 2.05) is 68.4 Å². The molecule has 0 aliphatic carbocycles. The summed E-state index contributed by atoms with van der Waals surface area (Å²) in [6.45, 7) is 9.22. The van der Waals surface area contributed by atoms with Crippen molar-refractivity contribution in [1.29, 1.82) is 0 Å². The molecule has 8 nitrogen and oxygen atoms in total. The smallest absolute Gasteiger partial charge is 0.255 e. The Morgan fingerprint density at radius 2 is 1.74 bits per heavy atom. The van der Waals surface area contributed by atoms with Crippen molar-refractivity contribution in [2.24, 2.45) is 0 Å². The molecule has 194 valence electrons. The van der Waals surface area contributed by atoms with Gasteiger partial charge in [0.05, 0.1) is 5.69 Å². The Balaban J connectivity index is 1.25. The SMILES string of the molecule is Cc1ccc(NC(=O)c2ccc(CN3CCN(C)CC3)cc2)cc1Nc1ncc(C)c(-c2cccnc2)n1. The Morgan fingerprint density at radius 3 is 2.47 bits per heavy atom. The highest BCUT2D eigenvalue weighted by Crippen LogP contribution is 2.26. The van der Waals surface area contributed by atoms with Crippen LogP contribution in [0.4, 0.5) is 17.3 Å². The molecule has 3 heterocycles. The maximum atomic E-state index is 13.0. The number of aryl methyl sites for hydroxylation is 2. The molecule has 38 heavy (non-hydrogen) atoms. The maximum Gasteiger partial charge on any atom is 0.255 e. The number of piperazine rings is 1. The lowest BCUT2D eigenvalue weighted by Gasteiger charge is -2.32. The number of pyridine rings is 1. The van der Waals surface area contributed by atoms with Gasteiger partial charge >= 0.3 is 0 Å². The van der Waals surface area contributed by atoms with E-state index in [-0.39, 0.29) is 5.91 Å². The molecule has 2 aromatic carbocycles. The molecule has 0 spiro atoms. The van der Waals surface area contributed by atoms with Gasteiger partial charge in [0.2, 0.25) is 5.95 Å². The summed E-state index contributed by atoms with van der Waals surface area (Å²) < 4.78 is 0. The van der Waals surface area contributed by atoms with E-state index in [4.69, 9.17) is 4.98 Å². The first-order valence-corrected chi connectivity index (χ1v) is 12.9. The van der Waals surface area contributed by atoms with Crippen LogP contribution >= 0.6 is 0 Å². The van der Waals surface area contributed by atoms with Crippen LogP contribution in [-0.4, -0.2) is 63.9 Å². The summed E-state index contributed by atoms with van der Waals surface area (Å²) in [5.41, 5.74) is 7.12. The third-order valence-corrected chi connectivity index (χ3v) is 6.87. The lowest BCUT2D eigenvalue weighted by atomic mass is 10.1. The second-order valence-electron chi connectivity index (χ2n) is 9.85. The zero-order valence-electron chi connectivity index (χ0n) is 22.1. The lowest BCUT2D eigenvalue weighted by molar-refractivity contribution is 0.102. The Labute approximate surface area is 223 Å². The van der Waals surface area contributed by atoms with E-state index >= 15 is 0 Å². The van der Waals surface area contributed by atoms with Crippen LogP contribution in [0.2, 0.25) is 0 Å². The number of carbonyl (C=O) groups is 1. The number of aromatic nitrogens is 3. The molecule has 2 aromatic heterocycles. The van der Waals surface area contributed by atoms with E-state index in [0.717, 1.165) is 60.8 Å². The molecule has 1 amide bonds. The standard InChI is InChI=1S/C30H33N7O/c1-21-6-11-26(17-27(21)34-30-32-18-22(2)28(35-30)25-5-4-12-31-19-25)33-29(38)24-9-7-23(8-10-24)20-37-15-13-36(3)14-16-37/h4-12,17-19H,13-16,20H2,1-3H3,(H,33,38)(H,32,34,35). The Kier molecular flexibility index (Phi) is 7.72. The van der Waals surface area contributed by atoms with Crippen LogP contribution < -0.4 is 10.6 Å². The minimum Gasteiger partial charge on any atom is -0.324 e. The molecule has 1 fully saturated rings. The highest BCUT2D eigenvalue weighted by molar-refractivity contribution is 6.04. The summed E-state index contributed by atoms with van der Waals surface area (Å²) in [5.74, 6) is 0.341. The largest absolute Gasteiger partial charge is 0.324 e. The fourth-order valence-corrected chi connectivity index (χ4v) is 4.48. The van der Waals surface area contributed by atoms with Gasteiger partial charge in [-0.25, -0.2) is 9.97 Å². The molecule has 0 atom stereocenters. The summed E-state index contributed by atoms with van der Waals surface area (Å²) >= 11 is 0. The van der Waals surface area contributed by atoms with Crippen LogP contribution in [-0.2, 0) is 6.54 Å². The monoisotopic (exact) mass is 507 g/mol. The Bertz CT molecular complexity index is 1400. The van der Waals surface area contributed by atoms with Crippen molar-refractivity contribution in [3.63, 3.8) is 0 Å². The van der Waals surface area contributed by atoms with Gasteiger partial charge in [0.1, 0.15) is 0 Å². The maximum absolute atomic E-state index is 13.0. The Morgan fingerprint density at radius 1 is 0.947 bits per heavy atom. The van der Waals surface area contributed by atoms with E-state index in [9.17, 15) is 4.79 Å². The summed E-state index contributed by atoms with van der Waals surface area (Å²) in [6, 6.07) is 17.5. The zero-order valence-corrected chi connectivity index (χ0v) is 22.1. The average molecular weight is 508 g/mol. The topological polar surface area (TPSA) is 86.3 Å². The molecule has 1 aliphatic rings. The van der Waals surface area contributed by atoms with Crippen LogP contribution in [0.5, 0.6) is 0 Å². The summed E-state index contributed by atoms with van der Waals surface area (Å²) in [5, 5.41) is 6.33. The molecule has 1 aliphatic heterocycles. The van der Waals surface area contributed by atoms with Gasteiger partial charge in [0.15, 0.2) is 0 Å². The highest BCUT2D eigenvalue weighted by atomic mass is 16.1. The quantitative estimate of drug-likeness (QED) is 0.368. The van der Waals surface area contributed by atoms with E-state index in [1.165, 1.54) is 5.56 Å². The van der Waals surface area contributed by atoms with Crippen molar-refractivity contribution >= 4 is 23.2 Å². The fraction of sp³-hybridized carbons (Fsp3) is 0.267. The molecule has 1 saturated heterocycles. The predicted octanol–water partition coefficient (Wildman–Crippen LogP) is 4.90. The number of hydrogen-bond donors (Lipinski definition) is 2. The first-order valence-electron chi connectivity index (χ1n) is 12.9. The number of likely N-dealkylation sites (N-methyl/N-ethyl adjacent to an activating group) is 1. The minimum atomic E-state index is -0.142. The second kappa shape index (κ2) is 11.5. The normalized spacial score (nSPS) is 14.3. The van der Waals surface area contributed by atoms with E-state index in [1.54, 1.807) is 18.6 Å². The molecule has 0 unspecified atom stereocenters. The van der Waals surface area contributed by atoms with Gasteiger partial charge in [-0.15, -0.1) is 0 Å². The molecule has 5 rings (SSSR count). The first kappa shape index (κ1) is 25.5. The minimum absolute atomic E-state index is 0.142. The van der Waals surface area contributed by atoms with Crippen LogP contribution in [0.1, 0.15) is 27.0 Å². The fourth-order valence-electron chi connectivity index (χ4n) is 4.48. The third-order valence-electron chi connectivity index (χ3n) is 6.87. The van der Waals surface area contributed by atoms with Crippen LogP contribution in [0, 0.1) is 13.8 Å². The molecule has 0 radical (unpaired) electrons. The molecule has 8 heteroatoms. The van der Waals surface area contributed by atoms with Gasteiger partial charge in [0.25, 0.3) is 5.91 Å². The summed E-state index contributed by atoms with van der Waals surface area (Å²) in [7, 11) is 2.16. The molecule has 0 bridgehead atoms. The molecule has 0 saturated carbocycles. The van der Waals surface area contributed by atoms with Crippen molar-refractivity contribution < 1.29 is 4.79 Å². The van der Waals surface area contributed by atoms with Crippen molar-refractivity contribution in [2.75, 3.05) is 43.9 Å². The number of benzene rings is 2. The van der Waals surface area contributed by atoms with Crippen molar-refractivity contribution in [3.8, 4) is 11.3 Å². The van der Waals surface area contributed by atoms with Crippen molar-refractivity contribution in [1.82, 2.24) is 24.8 Å². The number of hydrogen-bond acceptors (Lipinski definition) is 7. The van der Waals surface area contributed by atoms with Gasteiger partial charge in [-0.1, -0.05) is 18.2 Å². The lowest BCUT2D eigenvalue weighted by Crippen LogP contribution is -2.43. The van der Waals surface area contributed by atoms with E-state index in [0.29, 0.717) is 17.2 Å². The number of amides is 1. The molecule has 2 N–H and O–H groups in total. The number of nitrogens with zero attached hydrogens (tertiary/aromatic N) is 5. The summed E-state index contributed by atoms with van der Waals surface area (Å²) in [4.78, 5) is 31.1. The predicted molar refractivity (Wildman–Crippen MR) is 152 cm³/mol. The zero-order chi connectivity index (χ0) is 26.5. The Hall–Kier alpha value is -4.14. The average Bonchev–Trinajstić information content (AvgIpc) is 2.94. The van der Waals surface area contributed by atoms with Gasteiger partial charge in [-0.2, -0.15) is 0 Å². The second-order valence-corrected chi connectivity index (χ2v) is 9.85. The van der Waals surface area contributed by atoms with Crippen LogP contribution in [0.25, 0.3) is 11.3 Å². The summed E-state index contributed by atoms with van der Waals surface area (Å²) in [6.07, 6.45) is 5.33. The van der Waals surface area contributed by atoms with E-state index < -0.39 is 0 Å². The number of anilines is 3. The van der Waals surface area contributed by atoms with Gasteiger partial charge in [0, 0.05) is 73.8 Å². The van der Waals surface area contributed by atoms with Crippen molar-refractivity contribution in [3.05, 3.63) is 95.4 Å². The number of rotatable bonds is 7. The molecule has 4 aromatic rings. The van der Waals surface area contributed by atoms with Crippen LogP contribution in [0.15, 0.2) is 73.2 Å². The van der Waals surface area contributed by atoms with Crippen molar-refractivity contribution in [2.45, 2.75) is 20.4 Å². The van der Waals surface area contributed by atoms with Gasteiger partial charge < -0.3 is 15.5 Å². The van der Waals surface area contributed by atoms with Gasteiger partial charge in [-0.05, 0) is 74.0 Å². The van der Waals surface area contributed by atoms with Gasteiger partial charge in [-0.3, -0.25) is 14.7 Å². The van der Waals surface area contributed by atoms with E-state index in [2.05, 4.69) is 37.4 Å². The number of carbonyl (C=O) groups excluding carboxylic acids is 1. The third kappa shape index (κ3) is 6.22. The molecular formula is C30H33N7O. The highest BCUT2D eigenvalue weighted by Gasteiger charge is 2.15. The first-order chi connectivity index (χ1) is 18.4. The van der Waals surface area contributed by atoms with Crippen LogP contribution in [0.3, 0.4) is 0 Å².